The summed E-state index contributed by atoms with van der Waals surface area (Å²) in [4.78, 5) is 14.5. The van der Waals surface area contributed by atoms with Crippen molar-refractivity contribution >= 4 is 5.91 Å². The van der Waals surface area contributed by atoms with Gasteiger partial charge in [-0.1, -0.05) is 30.7 Å². The lowest BCUT2D eigenvalue weighted by molar-refractivity contribution is -0.123. The molecule has 0 aromatic heterocycles. The largest absolute Gasteiger partial charge is 0.392 e. The topological polar surface area (TPSA) is 64.6 Å². The van der Waals surface area contributed by atoms with Crippen LogP contribution >= 0.6 is 0 Å². The second-order valence-corrected chi connectivity index (χ2v) is 6.72. The standard InChI is InChI=1S/C18H27N3O2/c22-16-10-17(19-12-16)18(23)20-11-14-4-6-15(7-5-14)13-21-8-2-1-3-9-21/h4-7,16-17,19,22H,1-3,8-13H2,(H,20,23). The zero-order valence-electron chi connectivity index (χ0n) is 13.6. The first-order valence-corrected chi connectivity index (χ1v) is 8.70. The second kappa shape index (κ2) is 7.90. The van der Waals surface area contributed by atoms with Crippen molar-refractivity contribution in [2.75, 3.05) is 19.6 Å². The third-order valence-electron chi connectivity index (χ3n) is 4.77. The van der Waals surface area contributed by atoms with Crippen LogP contribution in [0, 0.1) is 0 Å². The molecule has 3 N–H and O–H groups in total. The number of benzene rings is 1. The van der Waals surface area contributed by atoms with E-state index in [-0.39, 0.29) is 11.9 Å². The van der Waals surface area contributed by atoms with Gasteiger partial charge in [-0.05, 0) is 43.5 Å². The van der Waals surface area contributed by atoms with Gasteiger partial charge < -0.3 is 15.7 Å². The van der Waals surface area contributed by atoms with Crippen molar-refractivity contribution < 1.29 is 9.90 Å². The van der Waals surface area contributed by atoms with E-state index in [9.17, 15) is 9.90 Å². The van der Waals surface area contributed by atoms with Crippen LogP contribution in [-0.4, -0.2) is 47.7 Å². The summed E-state index contributed by atoms with van der Waals surface area (Å²) >= 11 is 0. The van der Waals surface area contributed by atoms with Crippen molar-refractivity contribution in [3.8, 4) is 0 Å². The highest BCUT2D eigenvalue weighted by molar-refractivity contribution is 5.82. The highest BCUT2D eigenvalue weighted by Crippen LogP contribution is 2.14. The first kappa shape index (κ1) is 16.4. The van der Waals surface area contributed by atoms with E-state index >= 15 is 0 Å². The van der Waals surface area contributed by atoms with Gasteiger partial charge in [0.1, 0.15) is 0 Å². The SMILES string of the molecule is O=C(NCc1ccc(CN2CCCCC2)cc1)C1CC(O)CN1. The molecule has 0 aliphatic carbocycles. The minimum absolute atomic E-state index is 0.0288. The van der Waals surface area contributed by atoms with E-state index in [0.717, 1.165) is 12.1 Å². The Kier molecular flexibility index (Phi) is 5.65. The van der Waals surface area contributed by atoms with Crippen LogP contribution in [0.25, 0.3) is 0 Å². The summed E-state index contributed by atoms with van der Waals surface area (Å²) in [5.41, 5.74) is 2.45. The lowest BCUT2D eigenvalue weighted by Gasteiger charge is -2.26. The maximum Gasteiger partial charge on any atom is 0.237 e. The average molecular weight is 317 g/mol. The lowest BCUT2D eigenvalue weighted by atomic mass is 10.1. The molecule has 0 saturated carbocycles. The van der Waals surface area contributed by atoms with E-state index in [1.807, 2.05) is 0 Å². The highest BCUT2D eigenvalue weighted by atomic mass is 16.3. The second-order valence-electron chi connectivity index (χ2n) is 6.72. The van der Waals surface area contributed by atoms with Crippen LogP contribution in [0.4, 0.5) is 0 Å². The molecule has 0 spiro atoms. The van der Waals surface area contributed by atoms with Gasteiger partial charge in [-0.3, -0.25) is 9.69 Å². The van der Waals surface area contributed by atoms with Crippen LogP contribution in [0.2, 0.25) is 0 Å². The molecular weight excluding hydrogens is 290 g/mol. The molecule has 126 valence electrons. The molecule has 5 heteroatoms. The maximum atomic E-state index is 12.0. The molecule has 2 aliphatic heterocycles. The van der Waals surface area contributed by atoms with E-state index < -0.39 is 6.10 Å². The Bertz CT molecular complexity index is 512. The molecule has 2 fully saturated rings. The van der Waals surface area contributed by atoms with Gasteiger partial charge in [0.25, 0.3) is 0 Å². The van der Waals surface area contributed by atoms with Gasteiger partial charge in [0.15, 0.2) is 0 Å². The monoisotopic (exact) mass is 317 g/mol. The number of hydrogen-bond donors (Lipinski definition) is 3. The number of piperidine rings is 1. The van der Waals surface area contributed by atoms with Crippen molar-refractivity contribution in [3.05, 3.63) is 35.4 Å². The fraction of sp³-hybridized carbons (Fsp3) is 0.611. The average Bonchev–Trinajstić information content (AvgIpc) is 3.01. The number of nitrogens with zero attached hydrogens (tertiary/aromatic N) is 1. The normalized spacial score (nSPS) is 25.4. The zero-order chi connectivity index (χ0) is 16.1. The molecule has 2 heterocycles. The van der Waals surface area contributed by atoms with Gasteiger partial charge in [0.2, 0.25) is 5.91 Å². The molecule has 23 heavy (non-hydrogen) atoms. The van der Waals surface area contributed by atoms with Gasteiger partial charge in [0, 0.05) is 19.6 Å². The number of aliphatic hydroxyl groups excluding tert-OH is 1. The molecule has 1 aromatic carbocycles. The summed E-state index contributed by atoms with van der Waals surface area (Å²) < 4.78 is 0. The van der Waals surface area contributed by atoms with Crippen molar-refractivity contribution in [1.29, 1.82) is 0 Å². The molecule has 2 aliphatic rings. The van der Waals surface area contributed by atoms with Gasteiger partial charge >= 0.3 is 0 Å². The van der Waals surface area contributed by atoms with Crippen LogP contribution in [0.15, 0.2) is 24.3 Å². The summed E-state index contributed by atoms with van der Waals surface area (Å²) in [6.45, 7) is 4.48. The summed E-state index contributed by atoms with van der Waals surface area (Å²) in [5, 5.41) is 15.4. The first-order chi connectivity index (χ1) is 11.2. The number of amides is 1. The number of β-amino-alcohol motifs (C(OH)–C–C–N with tert-alkyl or cyclic N) is 1. The molecule has 5 nitrogen and oxygen atoms in total. The molecule has 3 rings (SSSR count). The number of likely N-dealkylation sites (tertiary alicyclic amines) is 1. The predicted molar refractivity (Wildman–Crippen MR) is 89.8 cm³/mol. The molecular formula is C18H27N3O2. The van der Waals surface area contributed by atoms with Gasteiger partial charge in [-0.2, -0.15) is 0 Å². The number of hydrogen-bond acceptors (Lipinski definition) is 4. The smallest absolute Gasteiger partial charge is 0.237 e. The van der Waals surface area contributed by atoms with E-state index in [1.54, 1.807) is 0 Å². The third kappa shape index (κ3) is 4.77. The summed E-state index contributed by atoms with van der Waals surface area (Å²) in [6, 6.07) is 8.25. The zero-order valence-corrected chi connectivity index (χ0v) is 13.6. The van der Waals surface area contributed by atoms with Crippen molar-refractivity contribution in [3.63, 3.8) is 0 Å². The Morgan fingerprint density at radius 3 is 2.52 bits per heavy atom. The minimum Gasteiger partial charge on any atom is -0.392 e. The number of rotatable bonds is 5. The minimum atomic E-state index is -0.403. The Balaban J connectivity index is 1.44. The molecule has 1 amide bonds. The van der Waals surface area contributed by atoms with Crippen molar-refractivity contribution in [2.24, 2.45) is 0 Å². The van der Waals surface area contributed by atoms with Gasteiger partial charge in [-0.25, -0.2) is 0 Å². The molecule has 2 unspecified atom stereocenters. The quantitative estimate of drug-likeness (QED) is 0.758. The van der Waals surface area contributed by atoms with Crippen LogP contribution in [0.1, 0.15) is 36.8 Å². The highest BCUT2D eigenvalue weighted by Gasteiger charge is 2.27. The van der Waals surface area contributed by atoms with E-state index in [4.69, 9.17) is 0 Å². The van der Waals surface area contributed by atoms with Crippen molar-refractivity contribution in [2.45, 2.75) is 50.9 Å². The molecule has 1 aromatic rings. The fourth-order valence-electron chi connectivity index (χ4n) is 3.37. The fourth-order valence-corrected chi connectivity index (χ4v) is 3.37. The molecule has 0 radical (unpaired) electrons. The van der Waals surface area contributed by atoms with Gasteiger partial charge in [-0.15, -0.1) is 0 Å². The van der Waals surface area contributed by atoms with E-state index in [0.29, 0.717) is 19.5 Å². The van der Waals surface area contributed by atoms with Crippen LogP contribution in [-0.2, 0) is 17.9 Å². The van der Waals surface area contributed by atoms with Crippen LogP contribution in [0.5, 0.6) is 0 Å². The predicted octanol–water partition coefficient (Wildman–Crippen LogP) is 1.01. The van der Waals surface area contributed by atoms with Crippen LogP contribution < -0.4 is 10.6 Å². The Labute approximate surface area is 138 Å². The lowest BCUT2D eigenvalue weighted by Crippen LogP contribution is -2.40. The summed E-state index contributed by atoms with van der Waals surface area (Å²) in [5.74, 6) is -0.0288. The first-order valence-electron chi connectivity index (χ1n) is 8.70. The van der Waals surface area contributed by atoms with Crippen LogP contribution in [0.3, 0.4) is 0 Å². The molecule has 0 bridgehead atoms. The molecule has 2 saturated heterocycles. The Hall–Kier alpha value is -1.43. The summed E-state index contributed by atoms with van der Waals surface area (Å²) in [6.07, 6.45) is 4.09. The number of carbonyl (C=O) groups excluding carboxylic acids is 1. The van der Waals surface area contributed by atoms with Gasteiger partial charge in [0.05, 0.1) is 12.1 Å². The summed E-state index contributed by atoms with van der Waals surface area (Å²) in [7, 11) is 0. The maximum absolute atomic E-state index is 12.0. The number of aliphatic hydroxyl groups is 1. The number of carbonyl (C=O) groups is 1. The number of nitrogens with one attached hydrogen (secondary N) is 2. The van der Waals surface area contributed by atoms with E-state index in [2.05, 4.69) is 39.8 Å². The molecule has 2 atom stereocenters. The third-order valence-corrected chi connectivity index (χ3v) is 4.77. The van der Waals surface area contributed by atoms with Crippen molar-refractivity contribution in [1.82, 2.24) is 15.5 Å². The Morgan fingerprint density at radius 2 is 1.87 bits per heavy atom. The Morgan fingerprint density at radius 1 is 1.17 bits per heavy atom. The van der Waals surface area contributed by atoms with E-state index in [1.165, 1.54) is 37.9 Å².